The Morgan fingerprint density at radius 3 is 3.00 bits per heavy atom. The van der Waals surface area contributed by atoms with Gasteiger partial charge in [0, 0.05) is 6.42 Å². The first-order valence-electron chi connectivity index (χ1n) is 3.88. The van der Waals surface area contributed by atoms with Crippen molar-refractivity contribution in [1.82, 2.24) is 15.0 Å². The molecule has 0 unspecified atom stereocenters. The van der Waals surface area contributed by atoms with Crippen molar-refractivity contribution in [2.75, 3.05) is 0 Å². The minimum absolute atomic E-state index is 0.583. The smallest absolute Gasteiger partial charge is 0.250 e. The summed E-state index contributed by atoms with van der Waals surface area (Å²) in [5.74, 6) is 0.803. The lowest BCUT2D eigenvalue weighted by Gasteiger charge is -1.96. The first-order chi connectivity index (χ1) is 5.81. The third-order valence-electron chi connectivity index (χ3n) is 1.74. The summed E-state index contributed by atoms with van der Waals surface area (Å²) in [6.45, 7) is 3.92. The van der Waals surface area contributed by atoms with E-state index in [4.69, 9.17) is 4.42 Å². The van der Waals surface area contributed by atoms with Gasteiger partial charge in [-0.1, -0.05) is 6.92 Å². The van der Waals surface area contributed by atoms with E-state index in [1.165, 1.54) is 6.39 Å². The van der Waals surface area contributed by atoms with Crippen molar-refractivity contribution in [2.45, 2.75) is 20.3 Å². The van der Waals surface area contributed by atoms with Crippen LogP contribution in [0.15, 0.2) is 10.8 Å². The summed E-state index contributed by atoms with van der Waals surface area (Å²) in [7, 11) is 0. The second-order valence-electron chi connectivity index (χ2n) is 2.58. The molecule has 0 amide bonds. The fourth-order valence-corrected chi connectivity index (χ4v) is 1.11. The molecule has 0 aromatic carbocycles. The Bertz CT molecular complexity index is 408. The molecule has 62 valence electrons. The molecule has 4 heteroatoms. The third-order valence-corrected chi connectivity index (χ3v) is 1.74. The van der Waals surface area contributed by atoms with Gasteiger partial charge in [0.1, 0.15) is 5.82 Å². The van der Waals surface area contributed by atoms with Gasteiger partial charge >= 0.3 is 0 Å². The monoisotopic (exact) mass is 163 g/mol. The molecule has 0 N–H and O–H groups in total. The van der Waals surface area contributed by atoms with Crippen molar-refractivity contribution in [3.05, 3.63) is 17.9 Å². The molecule has 0 bridgehead atoms. The third kappa shape index (κ3) is 0.958. The molecular formula is C8H9N3O. The van der Waals surface area contributed by atoms with Crippen molar-refractivity contribution in [1.29, 1.82) is 0 Å². The molecule has 12 heavy (non-hydrogen) atoms. The van der Waals surface area contributed by atoms with Gasteiger partial charge in [-0.15, -0.1) is 0 Å². The number of aryl methyl sites for hydroxylation is 2. The Balaban J connectivity index is 2.75. The maximum Gasteiger partial charge on any atom is 0.250 e. The number of rotatable bonds is 1. The highest BCUT2D eigenvalue weighted by molar-refractivity contribution is 5.69. The molecule has 0 aliphatic rings. The molecule has 0 saturated carbocycles. The van der Waals surface area contributed by atoms with Gasteiger partial charge in [0.25, 0.3) is 0 Å². The van der Waals surface area contributed by atoms with Gasteiger partial charge in [-0.3, -0.25) is 0 Å². The van der Waals surface area contributed by atoms with Crippen LogP contribution in [-0.2, 0) is 6.42 Å². The van der Waals surface area contributed by atoms with Crippen LogP contribution in [-0.4, -0.2) is 15.0 Å². The molecule has 0 radical (unpaired) electrons. The van der Waals surface area contributed by atoms with Crippen LogP contribution in [0.25, 0.3) is 11.2 Å². The standard InChI is InChI=1S/C8H9N3O/c1-3-6-10-5(2)7-8(11-6)12-4-9-7/h4H,3H2,1-2H3. The molecule has 0 saturated heterocycles. The topological polar surface area (TPSA) is 51.8 Å². The van der Waals surface area contributed by atoms with Gasteiger partial charge in [0.05, 0.1) is 5.69 Å². The summed E-state index contributed by atoms with van der Waals surface area (Å²) in [6.07, 6.45) is 2.21. The first-order valence-corrected chi connectivity index (χ1v) is 3.88. The van der Waals surface area contributed by atoms with E-state index in [0.29, 0.717) is 5.71 Å². The van der Waals surface area contributed by atoms with E-state index in [-0.39, 0.29) is 0 Å². The lowest BCUT2D eigenvalue weighted by molar-refractivity contribution is 0.587. The van der Waals surface area contributed by atoms with Crippen molar-refractivity contribution in [3.8, 4) is 0 Å². The molecule has 2 rings (SSSR count). The molecule has 0 aliphatic carbocycles. The zero-order valence-electron chi connectivity index (χ0n) is 7.03. The van der Waals surface area contributed by atoms with E-state index in [2.05, 4.69) is 15.0 Å². The number of hydrogen-bond donors (Lipinski definition) is 0. The molecule has 4 nitrogen and oxygen atoms in total. The maximum absolute atomic E-state index is 5.08. The first kappa shape index (κ1) is 7.21. The Labute approximate surface area is 69.7 Å². The van der Waals surface area contributed by atoms with Crippen LogP contribution in [0.4, 0.5) is 0 Å². The molecule has 0 aliphatic heterocycles. The quantitative estimate of drug-likeness (QED) is 0.639. The number of hydrogen-bond acceptors (Lipinski definition) is 4. The molecule has 2 aromatic rings. The van der Waals surface area contributed by atoms with Gasteiger partial charge in [0.2, 0.25) is 5.71 Å². The van der Waals surface area contributed by atoms with E-state index in [9.17, 15) is 0 Å². The molecular weight excluding hydrogens is 154 g/mol. The predicted octanol–water partition coefficient (Wildman–Crippen LogP) is 1.49. The Hall–Kier alpha value is -1.45. The zero-order chi connectivity index (χ0) is 8.55. The fourth-order valence-electron chi connectivity index (χ4n) is 1.11. The van der Waals surface area contributed by atoms with Crippen LogP contribution in [0, 0.1) is 6.92 Å². The lowest BCUT2D eigenvalue weighted by Crippen LogP contribution is -1.95. The Kier molecular flexibility index (Phi) is 1.53. The molecule has 2 aromatic heterocycles. The normalized spacial score (nSPS) is 10.8. The average molecular weight is 163 g/mol. The zero-order valence-corrected chi connectivity index (χ0v) is 7.03. The molecule has 0 atom stereocenters. The SMILES string of the molecule is CCc1nc(C)c2ncoc2n1. The Morgan fingerprint density at radius 1 is 1.42 bits per heavy atom. The lowest BCUT2D eigenvalue weighted by atomic mass is 10.3. The molecule has 0 spiro atoms. The van der Waals surface area contributed by atoms with E-state index in [1.807, 2.05) is 13.8 Å². The van der Waals surface area contributed by atoms with Gasteiger partial charge < -0.3 is 4.42 Å². The molecule has 2 heterocycles. The number of oxazole rings is 1. The second kappa shape index (κ2) is 2.55. The largest absolute Gasteiger partial charge is 0.425 e. The average Bonchev–Trinajstić information content (AvgIpc) is 2.52. The van der Waals surface area contributed by atoms with Gasteiger partial charge in [0.15, 0.2) is 11.9 Å². The number of aromatic nitrogens is 3. The van der Waals surface area contributed by atoms with E-state index >= 15 is 0 Å². The number of fused-ring (bicyclic) bond motifs is 1. The van der Waals surface area contributed by atoms with Gasteiger partial charge in [-0.05, 0) is 6.92 Å². The van der Waals surface area contributed by atoms with Crippen molar-refractivity contribution < 1.29 is 4.42 Å². The van der Waals surface area contributed by atoms with E-state index < -0.39 is 0 Å². The summed E-state index contributed by atoms with van der Waals surface area (Å²) in [5, 5.41) is 0. The minimum atomic E-state index is 0.583. The van der Waals surface area contributed by atoms with E-state index in [0.717, 1.165) is 23.5 Å². The van der Waals surface area contributed by atoms with Crippen molar-refractivity contribution >= 4 is 11.2 Å². The number of nitrogens with zero attached hydrogens (tertiary/aromatic N) is 3. The fraction of sp³-hybridized carbons (Fsp3) is 0.375. The van der Waals surface area contributed by atoms with Crippen LogP contribution in [0.5, 0.6) is 0 Å². The second-order valence-corrected chi connectivity index (χ2v) is 2.58. The summed E-state index contributed by atoms with van der Waals surface area (Å²) < 4.78 is 5.08. The van der Waals surface area contributed by atoms with Crippen molar-refractivity contribution in [3.63, 3.8) is 0 Å². The summed E-state index contributed by atoms with van der Waals surface area (Å²) >= 11 is 0. The molecule has 0 fully saturated rings. The van der Waals surface area contributed by atoms with Crippen LogP contribution in [0.1, 0.15) is 18.4 Å². The van der Waals surface area contributed by atoms with Crippen LogP contribution < -0.4 is 0 Å². The van der Waals surface area contributed by atoms with E-state index in [1.54, 1.807) is 0 Å². The van der Waals surface area contributed by atoms with Gasteiger partial charge in [-0.2, -0.15) is 4.98 Å². The minimum Gasteiger partial charge on any atom is -0.425 e. The van der Waals surface area contributed by atoms with Gasteiger partial charge in [-0.25, -0.2) is 9.97 Å². The highest BCUT2D eigenvalue weighted by Crippen LogP contribution is 2.12. The highest BCUT2D eigenvalue weighted by atomic mass is 16.3. The van der Waals surface area contributed by atoms with Crippen molar-refractivity contribution in [2.24, 2.45) is 0 Å². The van der Waals surface area contributed by atoms with Crippen LogP contribution >= 0.6 is 0 Å². The Morgan fingerprint density at radius 2 is 2.25 bits per heavy atom. The van der Waals surface area contributed by atoms with Crippen LogP contribution in [0.3, 0.4) is 0 Å². The van der Waals surface area contributed by atoms with Crippen LogP contribution in [0.2, 0.25) is 0 Å². The summed E-state index contributed by atoms with van der Waals surface area (Å²) in [5.41, 5.74) is 2.22. The summed E-state index contributed by atoms with van der Waals surface area (Å²) in [6, 6.07) is 0. The summed E-state index contributed by atoms with van der Waals surface area (Å²) in [4.78, 5) is 12.4. The maximum atomic E-state index is 5.08. The predicted molar refractivity (Wildman–Crippen MR) is 43.7 cm³/mol. The highest BCUT2D eigenvalue weighted by Gasteiger charge is 2.05.